The van der Waals surface area contributed by atoms with Crippen molar-refractivity contribution < 1.29 is 14.4 Å². The number of nitrogens with one attached hydrogen (secondary N) is 2. The van der Waals surface area contributed by atoms with E-state index in [4.69, 9.17) is 17.2 Å². The second-order valence-electron chi connectivity index (χ2n) is 6.47. The van der Waals surface area contributed by atoms with Crippen LogP contribution in [0.1, 0.15) is 18.4 Å². The quantitative estimate of drug-likeness (QED) is 0.286. The Hall–Kier alpha value is -2.49. The second-order valence-corrected chi connectivity index (χ2v) is 6.47. The number of benzene rings is 1. The molecule has 0 aliphatic rings. The van der Waals surface area contributed by atoms with E-state index in [2.05, 4.69) is 10.6 Å². The van der Waals surface area contributed by atoms with Crippen molar-refractivity contribution >= 4 is 17.7 Å². The van der Waals surface area contributed by atoms with E-state index in [1.54, 1.807) is 0 Å². The number of nitrogens with zero attached hydrogens (tertiary/aromatic N) is 1. The van der Waals surface area contributed by atoms with E-state index in [-0.39, 0.29) is 18.2 Å². The van der Waals surface area contributed by atoms with Crippen LogP contribution in [0.2, 0.25) is 0 Å². The molecular formula is C19H32N6O3. The number of likely N-dealkylation sites (N-methyl/N-ethyl adjacent to an activating group) is 1. The third kappa shape index (κ3) is 8.03. The van der Waals surface area contributed by atoms with Gasteiger partial charge >= 0.3 is 0 Å². The molecule has 156 valence electrons. The summed E-state index contributed by atoms with van der Waals surface area (Å²) in [7, 11) is 1.50. The predicted molar refractivity (Wildman–Crippen MR) is 108 cm³/mol. The molecule has 2 atom stereocenters. The lowest BCUT2D eigenvalue weighted by Crippen LogP contribution is -2.52. The summed E-state index contributed by atoms with van der Waals surface area (Å²) < 4.78 is 0. The molecule has 0 aliphatic carbocycles. The Morgan fingerprint density at radius 2 is 1.64 bits per heavy atom. The Balaban J connectivity index is 2.64. The highest BCUT2D eigenvalue weighted by molar-refractivity contribution is 5.92. The van der Waals surface area contributed by atoms with Crippen molar-refractivity contribution in [3.63, 3.8) is 0 Å². The molecule has 28 heavy (non-hydrogen) atoms. The van der Waals surface area contributed by atoms with Crippen LogP contribution < -0.4 is 27.8 Å². The van der Waals surface area contributed by atoms with Gasteiger partial charge in [0.05, 0.1) is 12.5 Å². The number of carbonyl (C=O) groups is 3. The Labute approximate surface area is 166 Å². The molecule has 8 N–H and O–H groups in total. The van der Waals surface area contributed by atoms with Crippen molar-refractivity contribution in [3.05, 3.63) is 35.9 Å². The highest BCUT2D eigenvalue weighted by Crippen LogP contribution is 2.06. The molecule has 0 spiro atoms. The van der Waals surface area contributed by atoms with Gasteiger partial charge in [-0.1, -0.05) is 30.3 Å². The first-order valence-corrected chi connectivity index (χ1v) is 9.42. The van der Waals surface area contributed by atoms with Gasteiger partial charge in [0.15, 0.2) is 0 Å². The maximum Gasteiger partial charge on any atom is 0.242 e. The van der Waals surface area contributed by atoms with Crippen molar-refractivity contribution in [2.75, 3.05) is 33.2 Å². The van der Waals surface area contributed by atoms with Gasteiger partial charge in [-0.3, -0.25) is 14.4 Å². The second kappa shape index (κ2) is 12.8. The topological polar surface area (TPSA) is 157 Å². The van der Waals surface area contributed by atoms with E-state index in [0.717, 1.165) is 5.56 Å². The van der Waals surface area contributed by atoms with Gasteiger partial charge in [-0.15, -0.1) is 0 Å². The molecule has 1 aromatic rings. The lowest BCUT2D eigenvalue weighted by atomic mass is 10.0. The van der Waals surface area contributed by atoms with E-state index in [0.29, 0.717) is 39.0 Å². The maximum absolute atomic E-state index is 12.4. The van der Waals surface area contributed by atoms with Crippen LogP contribution in [-0.4, -0.2) is 67.9 Å². The minimum absolute atomic E-state index is 0.176. The fraction of sp³-hybridized carbons (Fsp3) is 0.526. The van der Waals surface area contributed by atoms with Crippen LogP contribution in [0.4, 0.5) is 0 Å². The van der Waals surface area contributed by atoms with Crippen molar-refractivity contribution in [2.45, 2.75) is 31.3 Å². The van der Waals surface area contributed by atoms with Crippen molar-refractivity contribution in [1.82, 2.24) is 15.5 Å². The monoisotopic (exact) mass is 392 g/mol. The summed E-state index contributed by atoms with van der Waals surface area (Å²) in [4.78, 5) is 38.3. The largest absolute Gasteiger partial charge is 0.357 e. The number of rotatable bonds is 12. The average molecular weight is 393 g/mol. The summed E-state index contributed by atoms with van der Waals surface area (Å²) in [6.45, 7) is 1.29. The van der Waals surface area contributed by atoms with Crippen molar-refractivity contribution in [1.29, 1.82) is 0 Å². The highest BCUT2D eigenvalue weighted by Gasteiger charge is 2.25. The number of hydrogen-bond acceptors (Lipinski definition) is 6. The standard InChI is InChI=1S/C19H32N6O3/c1-23-19(28)16(8-7-14-5-3-2-4-6-14)24-18(27)15(22)13-17(26)25(11-9-20)12-10-21/h2-6,15-16H,7-13,20-22H2,1H3,(H,23,28)(H,24,27)/t15?,16-/m0/s1. The number of nitrogens with two attached hydrogens (primary N) is 3. The molecule has 1 rings (SSSR count). The average Bonchev–Trinajstić information content (AvgIpc) is 2.70. The molecule has 0 aliphatic heterocycles. The molecule has 1 aromatic carbocycles. The Morgan fingerprint density at radius 1 is 1.04 bits per heavy atom. The van der Waals surface area contributed by atoms with E-state index >= 15 is 0 Å². The first-order chi connectivity index (χ1) is 13.4. The minimum atomic E-state index is -1.06. The van der Waals surface area contributed by atoms with Crippen LogP contribution in [0, 0.1) is 0 Å². The maximum atomic E-state index is 12.4. The number of carbonyl (C=O) groups excluding carboxylic acids is 3. The van der Waals surface area contributed by atoms with E-state index in [9.17, 15) is 14.4 Å². The van der Waals surface area contributed by atoms with Gasteiger partial charge in [0.25, 0.3) is 0 Å². The fourth-order valence-corrected chi connectivity index (χ4v) is 2.76. The highest BCUT2D eigenvalue weighted by atomic mass is 16.2. The zero-order valence-electron chi connectivity index (χ0n) is 16.4. The van der Waals surface area contributed by atoms with E-state index in [1.807, 2.05) is 30.3 Å². The Bertz CT molecular complexity index is 619. The molecule has 0 radical (unpaired) electrons. The Kier molecular flexibility index (Phi) is 10.8. The molecule has 1 unspecified atom stereocenters. The molecule has 9 heteroatoms. The summed E-state index contributed by atoms with van der Waals surface area (Å²) in [5.74, 6) is -1.15. The first-order valence-electron chi connectivity index (χ1n) is 9.42. The lowest BCUT2D eigenvalue weighted by Gasteiger charge is -2.24. The zero-order chi connectivity index (χ0) is 20.9. The summed E-state index contributed by atoms with van der Waals surface area (Å²) >= 11 is 0. The van der Waals surface area contributed by atoms with Gasteiger partial charge in [0.2, 0.25) is 17.7 Å². The molecule has 0 saturated carbocycles. The lowest BCUT2D eigenvalue weighted by molar-refractivity contribution is -0.135. The minimum Gasteiger partial charge on any atom is -0.357 e. The summed E-state index contributed by atoms with van der Waals surface area (Å²) in [6.07, 6.45) is 0.863. The van der Waals surface area contributed by atoms with Gasteiger partial charge in [-0.05, 0) is 18.4 Å². The third-order valence-corrected chi connectivity index (χ3v) is 4.33. The van der Waals surface area contributed by atoms with Crippen LogP contribution in [0.3, 0.4) is 0 Å². The molecule has 0 fully saturated rings. The van der Waals surface area contributed by atoms with Crippen LogP contribution in [0.25, 0.3) is 0 Å². The number of hydrogen-bond donors (Lipinski definition) is 5. The van der Waals surface area contributed by atoms with Crippen LogP contribution >= 0.6 is 0 Å². The normalized spacial score (nSPS) is 12.7. The SMILES string of the molecule is CNC(=O)[C@H](CCc1ccccc1)NC(=O)C(N)CC(=O)N(CCN)CCN. The summed E-state index contributed by atoms with van der Waals surface area (Å²) in [6, 6.07) is 7.86. The summed E-state index contributed by atoms with van der Waals surface area (Å²) in [5.41, 5.74) is 17.9. The fourth-order valence-electron chi connectivity index (χ4n) is 2.76. The van der Waals surface area contributed by atoms with Gasteiger partial charge in [-0.2, -0.15) is 0 Å². The van der Waals surface area contributed by atoms with Gasteiger partial charge in [0, 0.05) is 33.2 Å². The van der Waals surface area contributed by atoms with Crippen molar-refractivity contribution in [3.8, 4) is 0 Å². The molecule has 9 nitrogen and oxygen atoms in total. The number of aryl methyl sites for hydroxylation is 1. The zero-order valence-corrected chi connectivity index (χ0v) is 16.4. The van der Waals surface area contributed by atoms with Crippen LogP contribution in [0.5, 0.6) is 0 Å². The molecule has 0 aromatic heterocycles. The van der Waals surface area contributed by atoms with Crippen molar-refractivity contribution in [2.24, 2.45) is 17.2 Å². The number of amides is 3. The molecule has 0 saturated heterocycles. The third-order valence-electron chi connectivity index (χ3n) is 4.33. The summed E-state index contributed by atoms with van der Waals surface area (Å²) in [5, 5.41) is 5.19. The predicted octanol–water partition coefficient (Wildman–Crippen LogP) is -1.69. The Morgan fingerprint density at radius 3 is 2.18 bits per heavy atom. The molecule has 0 bridgehead atoms. The van der Waals surface area contributed by atoms with Gasteiger partial charge < -0.3 is 32.7 Å². The molecule has 3 amide bonds. The van der Waals surface area contributed by atoms with E-state index in [1.165, 1.54) is 11.9 Å². The smallest absolute Gasteiger partial charge is 0.242 e. The van der Waals surface area contributed by atoms with E-state index < -0.39 is 18.0 Å². The van der Waals surface area contributed by atoms with Crippen LogP contribution in [0.15, 0.2) is 30.3 Å². The van der Waals surface area contributed by atoms with Crippen LogP contribution in [-0.2, 0) is 20.8 Å². The molecule has 0 heterocycles. The van der Waals surface area contributed by atoms with Gasteiger partial charge in [0.1, 0.15) is 6.04 Å². The van der Waals surface area contributed by atoms with Gasteiger partial charge in [-0.25, -0.2) is 0 Å². The molecular weight excluding hydrogens is 360 g/mol. The first kappa shape index (κ1) is 23.5.